The average Bonchev–Trinajstić information content (AvgIpc) is 2.45. The molecule has 0 unspecified atom stereocenters. The van der Waals surface area contributed by atoms with Gasteiger partial charge in [-0.2, -0.15) is 0 Å². The lowest BCUT2D eigenvalue weighted by Crippen LogP contribution is -2.50. The van der Waals surface area contributed by atoms with Gasteiger partial charge in [0.2, 0.25) is 0 Å². The lowest BCUT2D eigenvalue weighted by molar-refractivity contribution is 0.0240. The topological polar surface area (TPSA) is 58.6 Å². The molecule has 0 atom stereocenters. The van der Waals surface area contributed by atoms with E-state index in [4.69, 9.17) is 16.3 Å². The van der Waals surface area contributed by atoms with Crippen LogP contribution in [-0.2, 0) is 4.74 Å². The second-order valence-corrected chi connectivity index (χ2v) is 7.15. The third kappa shape index (κ3) is 4.64. The standard InChI is InChI=1S/C14H21ClN4O2S/c1-14(2,3)21-13(20)19-7-5-18(6-8-19)11-9-10(15)16-12(17-11)22-4/h9H,5-8H2,1-4H3. The van der Waals surface area contributed by atoms with Gasteiger partial charge in [-0.15, -0.1) is 0 Å². The number of carbonyl (C=O) groups excluding carboxylic acids is 1. The molecule has 0 spiro atoms. The third-order valence-corrected chi connectivity index (χ3v) is 3.84. The number of piperazine rings is 1. The monoisotopic (exact) mass is 344 g/mol. The number of halogens is 1. The van der Waals surface area contributed by atoms with E-state index in [1.807, 2.05) is 27.0 Å². The van der Waals surface area contributed by atoms with Crippen LogP contribution in [0, 0.1) is 0 Å². The molecule has 1 aromatic heterocycles. The molecular formula is C14H21ClN4O2S. The number of nitrogens with zero attached hydrogens (tertiary/aromatic N) is 4. The first-order chi connectivity index (χ1) is 10.3. The maximum Gasteiger partial charge on any atom is 0.410 e. The largest absolute Gasteiger partial charge is 0.444 e. The average molecular weight is 345 g/mol. The number of amides is 1. The summed E-state index contributed by atoms with van der Waals surface area (Å²) in [6, 6.07) is 1.75. The molecule has 8 heteroatoms. The van der Waals surface area contributed by atoms with E-state index >= 15 is 0 Å². The molecule has 6 nitrogen and oxygen atoms in total. The zero-order chi connectivity index (χ0) is 16.3. The number of hydrogen-bond donors (Lipinski definition) is 0. The lowest BCUT2D eigenvalue weighted by atomic mass is 10.2. The molecule has 0 aromatic carbocycles. The molecule has 1 saturated heterocycles. The van der Waals surface area contributed by atoms with Gasteiger partial charge in [-0.25, -0.2) is 14.8 Å². The van der Waals surface area contributed by atoms with Gasteiger partial charge in [0.15, 0.2) is 5.16 Å². The molecule has 0 radical (unpaired) electrons. The molecule has 1 aliphatic heterocycles. The van der Waals surface area contributed by atoms with E-state index in [0.29, 0.717) is 36.5 Å². The summed E-state index contributed by atoms with van der Waals surface area (Å²) in [5, 5.41) is 1.08. The van der Waals surface area contributed by atoms with Crippen molar-refractivity contribution in [3.05, 3.63) is 11.2 Å². The molecule has 122 valence electrons. The van der Waals surface area contributed by atoms with E-state index in [-0.39, 0.29) is 6.09 Å². The van der Waals surface area contributed by atoms with Gasteiger partial charge in [0.25, 0.3) is 0 Å². The maximum atomic E-state index is 12.0. The van der Waals surface area contributed by atoms with E-state index in [2.05, 4.69) is 14.9 Å². The molecule has 2 rings (SSSR count). The number of carbonyl (C=O) groups is 1. The fraction of sp³-hybridized carbons (Fsp3) is 0.643. The summed E-state index contributed by atoms with van der Waals surface area (Å²) in [6.45, 7) is 8.20. The third-order valence-electron chi connectivity index (χ3n) is 3.10. The first kappa shape index (κ1) is 17.1. The maximum absolute atomic E-state index is 12.0. The minimum Gasteiger partial charge on any atom is -0.444 e. The molecule has 1 aliphatic rings. The van der Waals surface area contributed by atoms with Gasteiger partial charge < -0.3 is 14.5 Å². The van der Waals surface area contributed by atoms with Gasteiger partial charge >= 0.3 is 6.09 Å². The Hall–Kier alpha value is -1.21. The Morgan fingerprint density at radius 1 is 1.27 bits per heavy atom. The van der Waals surface area contributed by atoms with Crippen LogP contribution in [0.3, 0.4) is 0 Å². The van der Waals surface area contributed by atoms with Crippen molar-refractivity contribution in [3.8, 4) is 0 Å². The Kier molecular flexibility index (Phi) is 5.39. The highest BCUT2D eigenvalue weighted by Crippen LogP contribution is 2.22. The Labute approximate surface area is 140 Å². The Morgan fingerprint density at radius 2 is 1.91 bits per heavy atom. The van der Waals surface area contributed by atoms with Crippen LogP contribution in [0.25, 0.3) is 0 Å². The van der Waals surface area contributed by atoms with E-state index < -0.39 is 5.60 Å². The Morgan fingerprint density at radius 3 is 2.45 bits per heavy atom. The van der Waals surface area contributed by atoms with Crippen molar-refractivity contribution in [2.24, 2.45) is 0 Å². The number of thioether (sulfide) groups is 1. The molecule has 1 amide bonds. The van der Waals surface area contributed by atoms with Gasteiger partial charge in [-0.3, -0.25) is 0 Å². The van der Waals surface area contributed by atoms with Crippen LogP contribution in [0.5, 0.6) is 0 Å². The highest BCUT2D eigenvalue weighted by Gasteiger charge is 2.26. The van der Waals surface area contributed by atoms with Gasteiger partial charge in [0.05, 0.1) is 0 Å². The fourth-order valence-electron chi connectivity index (χ4n) is 2.08. The smallest absolute Gasteiger partial charge is 0.410 e. The molecule has 22 heavy (non-hydrogen) atoms. The second kappa shape index (κ2) is 6.91. The lowest BCUT2D eigenvalue weighted by Gasteiger charge is -2.36. The zero-order valence-corrected chi connectivity index (χ0v) is 14.9. The predicted molar refractivity (Wildman–Crippen MR) is 88.8 cm³/mol. The molecule has 0 saturated carbocycles. The molecule has 2 heterocycles. The molecule has 0 bridgehead atoms. The van der Waals surface area contributed by atoms with Crippen molar-refractivity contribution in [2.45, 2.75) is 31.5 Å². The fourth-order valence-corrected chi connectivity index (χ4v) is 2.69. The zero-order valence-electron chi connectivity index (χ0n) is 13.3. The summed E-state index contributed by atoms with van der Waals surface area (Å²) in [6.07, 6.45) is 1.65. The highest BCUT2D eigenvalue weighted by atomic mass is 35.5. The van der Waals surface area contributed by atoms with Crippen LogP contribution in [-0.4, -0.2) is 59.0 Å². The van der Waals surface area contributed by atoms with E-state index in [0.717, 1.165) is 5.82 Å². The number of rotatable bonds is 2. The van der Waals surface area contributed by atoms with Crippen molar-refractivity contribution in [3.63, 3.8) is 0 Å². The summed E-state index contributed by atoms with van der Waals surface area (Å²) < 4.78 is 5.39. The molecule has 0 N–H and O–H groups in total. The van der Waals surface area contributed by atoms with E-state index in [9.17, 15) is 4.79 Å². The van der Waals surface area contributed by atoms with Crippen LogP contribution in [0.15, 0.2) is 11.2 Å². The van der Waals surface area contributed by atoms with Crippen LogP contribution >= 0.6 is 23.4 Å². The summed E-state index contributed by atoms with van der Waals surface area (Å²) in [7, 11) is 0. The van der Waals surface area contributed by atoms with Crippen LogP contribution < -0.4 is 4.90 Å². The summed E-state index contributed by atoms with van der Waals surface area (Å²) in [5.41, 5.74) is -0.471. The van der Waals surface area contributed by atoms with Gasteiger partial charge in [0, 0.05) is 32.2 Å². The summed E-state index contributed by atoms with van der Waals surface area (Å²) in [4.78, 5) is 24.5. The van der Waals surface area contributed by atoms with Crippen LogP contribution in [0.2, 0.25) is 5.15 Å². The molecular weight excluding hydrogens is 324 g/mol. The van der Waals surface area contributed by atoms with Gasteiger partial charge in [-0.05, 0) is 27.0 Å². The molecule has 0 aliphatic carbocycles. The summed E-state index contributed by atoms with van der Waals surface area (Å²) >= 11 is 7.48. The Bertz CT molecular complexity index is 542. The van der Waals surface area contributed by atoms with Crippen LogP contribution in [0.1, 0.15) is 20.8 Å². The Balaban J connectivity index is 1.97. The minimum absolute atomic E-state index is 0.266. The van der Waals surface area contributed by atoms with Crippen molar-refractivity contribution in [2.75, 3.05) is 37.3 Å². The molecule has 1 aromatic rings. The SMILES string of the molecule is CSc1nc(Cl)cc(N2CCN(C(=O)OC(C)(C)C)CC2)n1. The number of ether oxygens (including phenoxy) is 1. The number of aromatic nitrogens is 2. The second-order valence-electron chi connectivity index (χ2n) is 5.99. The number of anilines is 1. The van der Waals surface area contributed by atoms with E-state index in [1.165, 1.54) is 11.8 Å². The molecule has 1 fully saturated rings. The minimum atomic E-state index is -0.471. The first-order valence-corrected chi connectivity index (χ1v) is 8.70. The van der Waals surface area contributed by atoms with Crippen molar-refractivity contribution in [1.82, 2.24) is 14.9 Å². The predicted octanol–water partition coefficient (Wildman–Crippen LogP) is 2.91. The van der Waals surface area contributed by atoms with Crippen molar-refractivity contribution < 1.29 is 9.53 Å². The normalized spacial score (nSPS) is 15.9. The quantitative estimate of drug-likeness (QED) is 0.467. The van der Waals surface area contributed by atoms with Gasteiger partial charge in [-0.1, -0.05) is 23.4 Å². The van der Waals surface area contributed by atoms with Crippen LogP contribution in [0.4, 0.5) is 10.6 Å². The first-order valence-electron chi connectivity index (χ1n) is 7.10. The van der Waals surface area contributed by atoms with Gasteiger partial charge in [0.1, 0.15) is 16.6 Å². The van der Waals surface area contributed by atoms with Crippen molar-refractivity contribution >= 4 is 35.3 Å². The van der Waals surface area contributed by atoms with E-state index in [1.54, 1.807) is 11.0 Å². The van der Waals surface area contributed by atoms with Crippen molar-refractivity contribution in [1.29, 1.82) is 0 Å². The summed E-state index contributed by atoms with van der Waals surface area (Å²) in [5.74, 6) is 0.799. The number of hydrogen-bond acceptors (Lipinski definition) is 6. The highest BCUT2D eigenvalue weighted by molar-refractivity contribution is 7.98.